The van der Waals surface area contributed by atoms with Gasteiger partial charge >= 0.3 is 0 Å². The maximum Gasteiger partial charge on any atom is 0.250 e. The van der Waals surface area contributed by atoms with E-state index in [-0.39, 0.29) is 12.5 Å². The second-order valence-electron chi connectivity index (χ2n) is 3.24. The Labute approximate surface area is 90.2 Å². The third-order valence-corrected chi connectivity index (χ3v) is 2.01. The Kier molecular flexibility index (Phi) is 4.65. The predicted octanol–water partition coefficient (Wildman–Crippen LogP) is 1.38. The molecule has 3 nitrogen and oxygen atoms in total. The summed E-state index contributed by atoms with van der Waals surface area (Å²) in [6, 6.07) is 0. The minimum absolute atomic E-state index is 0.0999. The largest absolute Gasteiger partial charge is 0.375 e. The van der Waals surface area contributed by atoms with Crippen molar-refractivity contribution in [2.45, 2.75) is 19.8 Å². The van der Waals surface area contributed by atoms with E-state index in [9.17, 15) is 4.79 Å². The van der Waals surface area contributed by atoms with Gasteiger partial charge in [0.1, 0.15) is 6.61 Å². The number of nitrogens with one attached hydrogen (secondary N) is 1. The molecule has 0 fully saturated rings. The van der Waals surface area contributed by atoms with E-state index in [4.69, 9.17) is 4.74 Å². The van der Waals surface area contributed by atoms with Gasteiger partial charge in [-0.3, -0.25) is 4.79 Å². The number of methoxy groups -OCH3 is 1. The van der Waals surface area contributed by atoms with E-state index < -0.39 is 0 Å². The lowest BCUT2D eigenvalue weighted by molar-refractivity contribution is -0.124. The Bertz CT molecular complexity index is 356. The minimum Gasteiger partial charge on any atom is -0.375 e. The molecule has 0 spiro atoms. The smallest absolute Gasteiger partial charge is 0.250 e. The van der Waals surface area contributed by atoms with Crippen molar-refractivity contribution < 1.29 is 9.53 Å². The van der Waals surface area contributed by atoms with Crippen molar-refractivity contribution in [3.8, 4) is 11.8 Å². The van der Waals surface area contributed by atoms with Crippen LogP contribution in [0.1, 0.15) is 19.8 Å². The number of amides is 1. The molecule has 0 radical (unpaired) electrons. The number of hydrogen-bond acceptors (Lipinski definition) is 2. The second kappa shape index (κ2) is 6.05. The summed E-state index contributed by atoms with van der Waals surface area (Å²) in [4.78, 5) is 11.2. The molecule has 1 N–H and O–H groups in total. The Morgan fingerprint density at radius 2 is 2.33 bits per heavy atom. The summed E-state index contributed by atoms with van der Waals surface area (Å²) in [5, 5.41) is 2.79. The van der Waals surface area contributed by atoms with E-state index in [1.54, 1.807) is 0 Å². The van der Waals surface area contributed by atoms with Crippen LogP contribution in [0.15, 0.2) is 23.4 Å². The summed E-state index contributed by atoms with van der Waals surface area (Å²) in [5.41, 5.74) is 2.04. The van der Waals surface area contributed by atoms with Gasteiger partial charge in [-0.15, -0.1) is 5.92 Å². The summed E-state index contributed by atoms with van der Waals surface area (Å²) in [6.45, 7) is 1.92. The van der Waals surface area contributed by atoms with Gasteiger partial charge in [-0.25, -0.2) is 0 Å². The number of ether oxygens (including phenoxy) is 1. The predicted molar refractivity (Wildman–Crippen MR) is 58.9 cm³/mol. The first kappa shape index (κ1) is 11.5. The van der Waals surface area contributed by atoms with E-state index >= 15 is 0 Å². The molecule has 1 aliphatic carbocycles. The van der Waals surface area contributed by atoms with Crippen molar-refractivity contribution in [1.29, 1.82) is 0 Å². The van der Waals surface area contributed by atoms with Gasteiger partial charge in [0.25, 0.3) is 0 Å². The fraction of sp³-hybridized carbons (Fsp3) is 0.417. The molecule has 1 rings (SSSR count). The molecular weight excluding hydrogens is 190 g/mol. The number of rotatable bonds is 3. The van der Waals surface area contributed by atoms with Crippen LogP contribution >= 0.6 is 0 Å². The van der Waals surface area contributed by atoms with E-state index in [1.807, 2.05) is 19.1 Å². The van der Waals surface area contributed by atoms with Gasteiger partial charge < -0.3 is 10.1 Å². The lowest BCUT2D eigenvalue weighted by Crippen LogP contribution is -2.27. The zero-order valence-corrected chi connectivity index (χ0v) is 9.09. The van der Waals surface area contributed by atoms with Gasteiger partial charge in [0.2, 0.25) is 5.91 Å². The molecule has 0 aromatic rings. The zero-order valence-electron chi connectivity index (χ0n) is 9.09. The number of allylic oxidation sites excluding steroid dienone is 4. The van der Waals surface area contributed by atoms with Gasteiger partial charge in [-0.05, 0) is 31.9 Å². The second-order valence-corrected chi connectivity index (χ2v) is 3.24. The van der Waals surface area contributed by atoms with Crippen LogP contribution in [-0.4, -0.2) is 19.6 Å². The maximum atomic E-state index is 11.2. The average molecular weight is 205 g/mol. The molecule has 80 valence electrons. The molecule has 0 saturated carbocycles. The van der Waals surface area contributed by atoms with Crippen LogP contribution in [0.2, 0.25) is 0 Å². The molecule has 0 unspecified atom stereocenters. The lowest BCUT2D eigenvalue weighted by Gasteiger charge is -2.12. The van der Waals surface area contributed by atoms with Crippen LogP contribution in [0, 0.1) is 11.8 Å². The summed E-state index contributed by atoms with van der Waals surface area (Å²) >= 11 is 0. The minimum atomic E-state index is -0.109. The first-order valence-electron chi connectivity index (χ1n) is 4.87. The molecular formula is C12H15NO2. The van der Waals surface area contributed by atoms with E-state index in [0.29, 0.717) is 0 Å². The first-order chi connectivity index (χ1) is 7.26. The van der Waals surface area contributed by atoms with Crippen LogP contribution in [0.4, 0.5) is 0 Å². The molecule has 1 aliphatic rings. The van der Waals surface area contributed by atoms with Crippen LogP contribution in [0.25, 0.3) is 0 Å². The molecule has 1 amide bonds. The molecule has 0 heterocycles. The summed E-state index contributed by atoms with van der Waals surface area (Å²) in [5.74, 6) is 5.76. The fourth-order valence-corrected chi connectivity index (χ4v) is 1.35. The monoisotopic (exact) mass is 205 g/mol. The summed E-state index contributed by atoms with van der Waals surface area (Å²) < 4.78 is 4.73. The van der Waals surface area contributed by atoms with Crippen molar-refractivity contribution >= 4 is 5.91 Å². The van der Waals surface area contributed by atoms with Gasteiger partial charge in [-0.1, -0.05) is 5.92 Å². The molecule has 0 saturated heterocycles. The number of carbonyl (C=O) groups excluding carboxylic acids is 1. The zero-order chi connectivity index (χ0) is 11.1. The summed E-state index contributed by atoms with van der Waals surface area (Å²) in [7, 11) is 1.50. The van der Waals surface area contributed by atoms with Gasteiger partial charge in [0.05, 0.1) is 0 Å². The highest BCUT2D eigenvalue weighted by Gasteiger charge is 2.07. The van der Waals surface area contributed by atoms with Crippen molar-refractivity contribution in [2.24, 2.45) is 0 Å². The van der Waals surface area contributed by atoms with Crippen molar-refractivity contribution in [2.75, 3.05) is 13.7 Å². The van der Waals surface area contributed by atoms with Gasteiger partial charge in [0.15, 0.2) is 0 Å². The fourth-order valence-electron chi connectivity index (χ4n) is 1.35. The van der Waals surface area contributed by atoms with E-state index in [1.165, 1.54) is 7.11 Å². The molecule has 0 atom stereocenters. The van der Waals surface area contributed by atoms with E-state index in [2.05, 4.69) is 17.2 Å². The number of hydrogen-bond donors (Lipinski definition) is 1. The third-order valence-electron chi connectivity index (χ3n) is 2.01. The quantitative estimate of drug-likeness (QED) is 0.707. The molecule has 0 aromatic heterocycles. The Morgan fingerprint density at radius 3 is 2.87 bits per heavy atom. The van der Waals surface area contributed by atoms with E-state index in [0.717, 1.165) is 24.1 Å². The molecule has 0 aliphatic heterocycles. The van der Waals surface area contributed by atoms with Crippen LogP contribution < -0.4 is 5.32 Å². The SMILES string of the molecule is CC#CC1=CC=C(NC(=O)COC)CC1. The Morgan fingerprint density at radius 1 is 1.53 bits per heavy atom. The topological polar surface area (TPSA) is 38.3 Å². The molecule has 0 aromatic carbocycles. The highest BCUT2D eigenvalue weighted by molar-refractivity contribution is 5.79. The van der Waals surface area contributed by atoms with Crippen molar-refractivity contribution in [1.82, 2.24) is 5.32 Å². The first-order valence-corrected chi connectivity index (χ1v) is 4.87. The molecule has 3 heteroatoms. The highest BCUT2D eigenvalue weighted by atomic mass is 16.5. The van der Waals surface area contributed by atoms with Crippen LogP contribution in [0.3, 0.4) is 0 Å². The normalized spacial score (nSPS) is 14.5. The highest BCUT2D eigenvalue weighted by Crippen LogP contribution is 2.15. The third kappa shape index (κ3) is 4.01. The summed E-state index contributed by atoms with van der Waals surface area (Å²) in [6.07, 6.45) is 5.56. The maximum absolute atomic E-state index is 11.2. The van der Waals surface area contributed by atoms with Crippen LogP contribution in [0.5, 0.6) is 0 Å². The van der Waals surface area contributed by atoms with Gasteiger partial charge in [0, 0.05) is 18.4 Å². The standard InChI is InChI=1S/C12H15NO2/c1-3-4-10-5-7-11(8-6-10)13-12(14)9-15-2/h5,7H,6,8-9H2,1-2H3,(H,13,14). The average Bonchev–Trinajstić information content (AvgIpc) is 2.22. The molecule has 15 heavy (non-hydrogen) atoms. The number of carbonyl (C=O) groups is 1. The van der Waals surface area contributed by atoms with Crippen molar-refractivity contribution in [3.63, 3.8) is 0 Å². The molecule has 0 bridgehead atoms. The van der Waals surface area contributed by atoms with Crippen molar-refractivity contribution in [3.05, 3.63) is 23.4 Å². The van der Waals surface area contributed by atoms with Crippen LogP contribution in [-0.2, 0) is 9.53 Å². The Balaban J connectivity index is 2.51. The lowest BCUT2D eigenvalue weighted by atomic mass is 10.0. The van der Waals surface area contributed by atoms with Gasteiger partial charge in [-0.2, -0.15) is 0 Å². The Hall–Kier alpha value is -1.53.